The normalized spacial score (nSPS) is 28.6. The third-order valence-electron chi connectivity index (χ3n) is 4.69. The summed E-state index contributed by atoms with van der Waals surface area (Å²) in [6.07, 6.45) is 6.68. The van der Waals surface area contributed by atoms with Crippen LogP contribution in [0.25, 0.3) is 0 Å². The number of fused-ring (bicyclic) bond motifs is 1. The van der Waals surface area contributed by atoms with Gasteiger partial charge < -0.3 is 10.1 Å². The van der Waals surface area contributed by atoms with E-state index in [0.29, 0.717) is 5.92 Å². The van der Waals surface area contributed by atoms with Crippen LogP contribution in [-0.4, -0.2) is 18.1 Å². The van der Waals surface area contributed by atoms with E-state index in [1.165, 1.54) is 24.8 Å². The molecule has 1 heterocycles. The summed E-state index contributed by atoms with van der Waals surface area (Å²) >= 11 is 0. The van der Waals surface area contributed by atoms with Crippen molar-refractivity contribution in [1.29, 1.82) is 0 Å². The Labute approximate surface area is 120 Å². The number of ether oxygens (including phenoxy) is 1. The van der Waals surface area contributed by atoms with Gasteiger partial charge in [0.1, 0.15) is 12.1 Å². The van der Waals surface area contributed by atoms with Crippen LogP contribution in [0.3, 0.4) is 0 Å². The van der Waals surface area contributed by atoms with E-state index >= 15 is 0 Å². The summed E-state index contributed by atoms with van der Waals surface area (Å²) in [4.78, 5) is 12.4. The number of hydrogen-bond donors (Lipinski definition) is 1. The van der Waals surface area contributed by atoms with Crippen LogP contribution in [0.4, 0.5) is 5.69 Å². The Balaban J connectivity index is 1.60. The van der Waals surface area contributed by atoms with Gasteiger partial charge in [0.2, 0.25) is 0 Å². The third kappa shape index (κ3) is 2.67. The molecule has 0 bridgehead atoms. The number of nitrogens with one attached hydrogen (secondary N) is 1. The van der Waals surface area contributed by atoms with E-state index in [1.807, 2.05) is 18.2 Å². The molecule has 0 amide bonds. The Morgan fingerprint density at radius 1 is 1.30 bits per heavy atom. The standard InChI is InChI=1S/C17H23NO2/c1-2-12-7-4-6-10-16(12)20-17(19)15-11-13-8-3-5-9-14(13)18-15/h3,5,8-9,12,15-16,18H,2,4,6-7,10-11H2,1H3. The van der Waals surface area contributed by atoms with Crippen LogP contribution < -0.4 is 5.32 Å². The molecular formula is C17H23NO2. The van der Waals surface area contributed by atoms with E-state index in [4.69, 9.17) is 4.74 Å². The summed E-state index contributed by atoms with van der Waals surface area (Å²) in [5.41, 5.74) is 2.29. The largest absolute Gasteiger partial charge is 0.461 e. The highest BCUT2D eigenvalue weighted by atomic mass is 16.5. The van der Waals surface area contributed by atoms with Crippen LogP contribution in [0.1, 0.15) is 44.6 Å². The molecule has 0 radical (unpaired) electrons. The number of esters is 1. The van der Waals surface area contributed by atoms with Crippen molar-refractivity contribution in [3.8, 4) is 0 Å². The fourth-order valence-corrected chi connectivity index (χ4v) is 3.47. The molecule has 1 saturated carbocycles. The maximum Gasteiger partial charge on any atom is 0.329 e. The minimum absolute atomic E-state index is 0.0773. The quantitative estimate of drug-likeness (QED) is 0.856. The fourth-order valence-electron chi connectivity index (χ4n) is 3.47. The number of carbonyl (C=O) groups excluding carboxylic acids is 1. The minimum atomic E-state index is -0.202. The molecule has 1 fully saturated rings. The summed E-state index contributed by atoms with van der Waals surface area (Å²) in [5.74, 6) is 0.475. The van der Waals surface area contributed by atoms with E-state index < -0.39 is 0 Å². The summed E-state index contributed by atoms with van der Waals surface area (Å²) in [5, 5.41) is 3.28. The Morgan fingerprint density at radius 3 is 2.90 bits per heavy atom. The van der Waals surface area contributed by atoms with E-state index in [2.05, 4.69) is 18.3 Å². The Bertz CT molecular complexity index is 461. The smallest absolute Gasteiger partial charge is 0.329 e. The lowest BCUT2D eigenvalue weighted by molar-refractivity contribution is -0.154. The van der Waals surface area contributed by atoms with Crippen LogP contribution in [0.15, 0.2) is 24.3 Å². The van der Waals surface area contributed by atoms with Gasteiger partial charge in [-0.3, -0.25) is 0 Å². The number of carbonyl (C=O) groups is 1. The van der Waals surface area contributed by atoms with Crippen molar-refractivity contribution in [1.82, 2.24) is 0 Å². The number of rotatable bonds is 3. The molecule has 1 aliphatic carbocycles. The lowest BCUT2D eigenvalue weighted by atomic mass is 9.85. The number of para-hydroxylation sites is 1. The molecule has 3 nitrogen and oxygen atoms in total. The zero-order valence-corrected chi connectivity index (χ0v) is 12.1. The topological polar surface area (TPSA) is 38.3 Å². The molecule has 20 heavy (non-hydrogen) atoms. The van der Waals surface area contributed by atoms with E-state index in [-0.39, 0.29) is 18.1 Å². The second-order valence-corrected chi connectivity index (χ2v) is 5.99. The van der Waals surface area contributed by atoms with Gasteiger partial charge in [0.25, 0.3) is 0 Å². The molecule has 1 aromatic carbocycles. The van der Waals surface area contributed by atoms with Crippen molar-refractivity contribution in [2.75, 3.05) is 5.32 Å². The number of hydrogen-bond acceptors (Lipinski definition) is 3. The molecule has 1 N–H and O–H groups in total. The molecule has 0 aromatic heterocycles. The Hall–Kier alpha value is -1.51. The lowest BCUT2D eigenvalue weighted by Crippen LogP contribution is -2.36. The first-order valence-corrected chi connectivity index (χ1v) is 7.83. The van der Waals surface area contributed by atoms with E-state index in [9.17, 15) is 4.79 Å². The average molecular weight is 273 g/mol. The molecule has 2 aliphatic rings. The fraction of sp³-hybridized carbons (Fsp3) is 0.588. The number of benzene rings is 1. The zero-order valence-electron chi connectivity index (χ0n) is 12.1. The van der Waals surface area contributed by atoms with E-state index in [1.54, 1.807) is 0 Å². The first kappa shape index (κ1) is 13.5. The van der Waals surface area contributed by atoms with Gasteiger partial charge in [0.15, 0.2) is 0 Å². The van der Waals surface area contributed by atoms with Gasteiger partial charge in [0, 0.05) is 12.1 Å². The molecule has 3 unspecified atom stereocenters. The molecule has 1 aliphatic heterocycles. The van der Waals surface area contributed by atoms with Crippen molar-refractivity contribution in [3.05, 3.63) is 29.8 Å². The van der Waals surface area contributed by atoms with Crippen LogP contribution in [-0.2, 0) is 16.0 Å². The molecule has 1 aromatic rings. The zero-order chi connectivity index (χ0) is 13.9. The maximum absolute atomic E-state index is 12.4. The van der Waals surface area contributed by atoms with Crippen LogP contribution in [0.2, 0.25) is 0 Å². The van der Waals surface area contributed by atoms with Crippen LogP contribution in [0, 0.1) is 5.92 Å². The van der Waals surface area contributed by atoms with Gasteiger partial charge in [-0.15, -0.1) is 0 Å². The second kappa shape index (κ2) is 5.86. The first-order valence-electron chi connectivity index (χ1n) is 7.83. The van der Waals surface area contributed by atoms with Crippen molar-refractivity contribution < 1.29 is 9.53 Å². The molecular weight excluding hydrogens is 250 g/mol. The monoisotopic (exact) mass is 273 g/mol. The number of anilines is 1. The van der Waals surface area contributed by atoms with Crippen molar-refractivity contribution in [2.24, 2.45) is 5.92 Å². The van der Waals surface area contributed by atoms with Crippen LogP contribution in [0.5, 0.6) is 0 Å². The van der Waals surface area contributed by atoms with Crippen LogP contribution >= 0.6 is 0 Å². The lowest BCUT2D eigenvalue weighted by Gasteiger charge is -2.31. The highest BCUT2D eigenvalue weighted by Crippen LogP contribution is 2.31. The Kier molecular flexibility index (Phi) is 3.95. The van der Waals surface area contributed by atoms with Crippen molar-refractivity contribution in [2.45, 2.75) is 57.6 Å². The van der Waals surface area contributed by atoms with Gasteiger partial charge in [0.05, 0.1) is 0 Å². The predicted molar refractivity (Wildman–Crippen MR) is 79.7 cm³/mol. The minimum Gasteiger partial charge on any atom is -0.461 e. The SMILES string of the molecule is CCC1CCCCC1OC(=O)C1Cc2ccccc2N1. The molecule has 3 heteroatoms. The molecule has 108 valence electrons. The van der Waals surface area contributed by atoms with Gasteiger partial charge in [-0.2, -0.15) is 0 Å². The summed E-state index contributed by atoms with van der Waals surface area (Å²) < 4.78 is 5.81. The third-order valence-corrected chi connectivity index (χ3v) is 4.69. The summed E-state index contributed by atoms with van der Waals surface area (Å²) in [6.45, 7) is 2.19. The van der Waals surface area contributed by atoms with E-state index in [0.717, 1.165) is 24.9 Å². The second-order valence-electron chi connectivity index (χ2n) is 5.99. The van der Waals surface area contributed by atoms with Gasteiger partial charge in [-0.25, -0.2) is 4.79 Å². The predicted octanol–water partition coefficient (Wildman–Crippen LogP) is 3.54. The van der Waals surface area contributed by atoms with Gasteiger partial charge in [-0.05, 0) is 43.2 Å². The first-order chi connectivity index (χ1) is 9.78. The molecule has 3 rings (SSSR count). The van der Waals surface area contributed by atoms with Crippen molar-refractivity contribution in [3.63, 3.8) is 0 Å². The highest BCUT2D eigenvalue weighted by Gasteiger charge is 2.32. The average Bonchev–Trinajstić information content (AvgIpc) is 2.92. The summed E-state index contributed by atoms with van der Waals surface area (Å²) in [7, 11) is 0. The molecule has 0 saturated heterocycles. The van der Waals surface area contributed by atoms with Gasteiger partial charge >= 0.3 is 5.97 Å². The highest BCUT2D eigenvalue weighted by molar-refractivity contribution is 5.83. The molecule has 0 spiro atoms. The Morgan fingerprint density at radius 2 is 2.10 bits per heavy atom. The molecule has 3 atom stereocenters. The van der Waals surface area contributed by atoms with Gasteiger partial charge in [-0.1, -0.05) is 31.5 Å². The summed E-state index contributed by atoms with van der Waals surface area (Å²) in [6, 6.07) is 7.91. The maximum atomic E-state index is 12.4. The van der Waals surface area contributed by atoms with Crippen molar-refractivity contribution >= 4 is 11.7 Å².